The third-order valence-corrected chi connectivity index (χ3v) is 4.79. The Morgan fingerprint density at radius 3 is 3.00 bits per heavy atom. The molecule has 0 bridgehead atoms. The predicted molar refractivity (Wildman–Crippen MR) is 79.1 cm³/mol. The second-order valence-corrected chi connectivity index (χ2v) is 6.11. The Balaban J connectivity index is 2.04. The maximum absolute atomic E-state index is 5.84. The molecular weight excluding hydrogens is 268 g/mol. The summed E-state index contributed by atoms with van der Waals surface area (Å²) in [6.45, 7) is 2.73. The van der Waals surface area contributed by atoms with Crippen LogP contribution in [0.5, 0.6) is 0 Å². The minimum atomic E-state index is 0.492. The van der Waals surface area contributed by atoms with Crippen LogP contribution < -0.4 is 5.32 Å². The summed E-state index contributed by atoms with van der Waals surface area (Å²) >= 11 is 11.3. The van der Waals surface area contributed by atoms with Crippen LogP contribution in [0.3, 0.4) is 0 Å². The van der Waals surface area contributed by atoms with Gasteiger partial charge in [0, 0.05) is 38.0 Å². The quantitative estimate of drug-likeness (QED) is 0.634. The average Bonchev–Trinajstić information content (AvgIpc) is 2.52. The lowest BCUT2D eigenvalue weighted by atomic mass is 9.76. The van der Waals surface area contributed by atoms with Crippen molar-refractivity contribution in [2.75, 3.05) is 32.7 Å². The van der Waals surface area contributed by atoms with Gasteiger partial charge in [0.05, 0.1) is 6.61 Å². The van der Waals surface area contributed by atoms with Crippen molar-refractivity contribution < 1.29 is 4.74 Å². The summed E-state index contributed by atoms with van der Waals surface area (Å²) in [5.74, 6) is 1.97. The molecule has 0 aromatic carbocycles. The lowest BCUT2D eigenvalue weighted by Crippen LogP contribution is -2.49. The number of hydrogen-bond donors (Lipinski definition) is 1. The number of ether oxygens (including phenoxy) is 1. The molecule has 1 saturated carbocycles. The minimum absolute atomic E-state index is 0.492. The van der Waals surface area contributed by atoms with Crippen molar-refractivity contribution in [1.29, 1.82) is 0 Å². The first kappa shape index (κ1) is 14.4. The van der Waals surface area contributed by atoms with E-state index in [2.05, 4.69) is 10.2 Å². The summed E-state index contributed by atoms with van der Waals surface area (Å²) in [7, 11) is 1.79. The van der Waals surface area contributed by atoms with Gasteiger partial charge < -0.3 is 15.0 Å². The smallest absolute Gasteiger partial charge is 0.169 e. The van der Waals surface area contributed by atoms with E-state index < -0.39 is 0 Å². The van der Waals surface area contributed by atoms with Crippen LogP contribution in [0.15, 0.2) is 0 Å². The van der Waals surface area contributed by atoms with Crippen molar-refractivity contribution in [3.8, 4) is 0 Å². The Morgan fingerprint density at radius 2 is 2.28 bits per heavy atom. The summed E-state index contributed by atoms with van der Waals surface area (Å²) in [6, 6.07) is 0.492. The van der Waals surface area contributed by atoms with Gasteiger partial charge in [0.15, 0.2) is 5.11 Å². The van der Waals surface area contributed by atoms with Gasteiger partial charge in [-0.05, 0) is 37.4 Å². The van der Waals surface area contributed by atoms with Gasteiger partial charge in [-0.25, -0.2) is 0 Å². The third kappa shape index (κ3) is 3.28. The molecule has 0 aromatic rings. The summed E-state index contributed by atoms with van der Waals surface area (Å²) in [4.78, 5) is 2.21. The van der Waals surface area contributed by atoms with E-state index in [1.54, 1.807) is 7.11 Å². The number of hydrogen-bond acceptors (Lipinski definition) is 2. The first-order valence-corrected chi connectivity index (χ1v) is 7.81. The van der Waals surface area contributed by atoms with E-state index in [0.29, 0.717) is 17.8 Å². The largest absolute Gasteiger partial charge is 0.384 e. The van der Waals surface area contributed by atoms with E-state index in [9.17, 15) is 0 Å². The highest BCUT2D eigenvalue weighted by atomic mass is 35.5. The van der Waals surface area contributed by atoms with Gasteiger partial charge in [-0.15, -0.1) is 11.6 Å². The van der Waals surface area contributed by atoms with Crippen molar-refractivity contribution in [3.63, 3.8) is 0 Å². The van der Waals surface area contributed by atoms with Crippen molar-refractivity contribution in [2.24, 2.45) is 11.8 Å². The van der Waals surface area contributed by atoms with Crippen molar-refractivity contribution in [3.05, 3.63) is 0 Å². The average molecular weight is 291 g/mol. The number of methoxy groups -OCH3 is 1. The van der Waals surface area contributed by atoms with E-state index >= 15 is 0 Å². The highest BCUT2D eigenvalue weighted by molar-refractivity contribution is 7.80. The molecule has 1 aliphatic heterocycles. The number of nitrogens with one attached hydrogen (secondary N) is 1. The molecule has 0 amide bonds. The molecule has 2 aliphatic rings. The Bertz CT molecular complexity index is 288. The molecule has 18 heavy (non-hydrogen) atoms. The molecule has 0 aromatic heterocycles. The molecule has 5 heteroatoms. The second kappa shape index (κ2) is 6.92. The van der Waals surface area contributed by atoms with Gasteiger partial charge in [0.1, 0.15) is 0 Å². The third-order valence-electron chi connectivity index (χ3n) is 4.25. The first-order valence-electron chi connectivity index (χ1n) is 6.86. The fourth-order valence-electron chi connectivity index (χ4n) is 3.32. The van der Waals surface area contributed by atoms with Crippen LogP contribution >= 0.6 is 23.8 Å². The van der Waals surface area contributed by atoms with Gasteiger partial charge in [0.25, 0.3) is 0 Å². The van der Waals surface area contributed by atoms with E-state index in [1.807, 2.05) is 0 Å². The molecule has 0 spiro atoms. The maximum atomic E-state index is 5.84. The summed E-state index contributed by atoms with van der Waals surface area (Å²) in [6.07, 6.45) is 5.10. The number of fused-ring (bicyclic) bond motifs is 1. The van der Waals surface area contributed by atoms with Crippen LogP contribution in [-0.4, -0.2) is 48.7 Å². The Labute approximate surface area is 120 Å². The van der Waals surface area contributed by atoms with Crippen LogP contribution in [0.4, 0.5) is 0 Å². The van der Waals surface area contributed by atoms with Crippen LogP contribution in [0.1, 0.15) is 25.7 Å². The number of nitrogens with zero attached hydrogens (tertiary/aromatic N) is 1. The molecule has 104 valence electrons. The fraction of sp³-hybridized carbons (Fsp3) is 0.923. The number of rotatable bonds is 4. The molecule has 1 saturated heterocycles. The summed E-state index contributed by atoms with van der Waals surface area (Å²) in [5.41, 5.74) is 0. The predicted octanol–water partition coefficient (Wildman–Crippen LogP) is 2.24. The van der Waals surface area contributed by atoms with E-state index in [-0.39, 0.29) is 0 Å². The molecule has 2 fully saturated rings. The SMILES string of the molecule is COC[C@@H]1CCCC2CCN(CCCl)C(=S)NC21. The molecule has 1 aliphatic carbocycles. The van der Waals surface area contributed by atoms with Crippen LogP contribution in [0.25, 0.3) is 0 Å². The molecule has 2 unspecified atom stereocenters. The maximum Gasteiger partial charge on any atom is 0.169 e. The highest BCUT2D eigenvalue weighted by Crippen LogP contribution is 2.33. The molecule has 1 N–H and O–H groups in total. The van der Waals surface area contributed by atoms with E-state index in [4.69, 9.17) is 28.6 Å². The number of alkyl halides is 1. The lowest BCUT2D eigenvalue weighted by molar-refractivity contribution is 0.0899. The Hall–Kier alpha value is -0.0600. The summed E-state index contributed by atoms with van der Waals surface area (Å²) in [5, 5.41) is 4.45. The van der Waals surface area contributed by atoms with E-state index in [1.165, 1.54) is 25.7 Å². The van der Waals surface area contributed by atoms with Crippen LogP contribution in [0.2, 0.25) is 0 Å². The molecule has 2 rings (SSSR count). The summed E-state index contributed by atoms with van der Waals surface area (Å²) < 4.78 is 5.36. The molecule has 1 heterocycles. The number of thiocarbonyl (C=S) groups is 1. The number of halogens is 1. The minimum Gasteiger partial charge on any atom is -0.384 e. The standard InChI is InChI=1S/C13H23ClN2OS/c1-17-9-11-4-2-3-10-5-7-16(8-6-14)13(18)15-12(10)11/h10-12H,2-9H2,1H3,(H,15,18)/t10?,11-,12?/m0/s1. The van der Waals surface area contributed by atoms with E-state index in [0.717, 1.165) is 30.7 Å². The molecule has 3 atom stereocenters. The second-order valence-electron chi connectivity index (χ2n) is 5.35. The molecule has 0 radical (unpaired) electrons. The van der Waals surface area contributed by atoms with Gasteiger partial charge in [0.2, 0.25) is 0 Å². The van der Waals surface area contributed by atoms with Crippen molar-refractivity contribution in [1.82, 2.24) is 10.2 Å². The molecule has 3 nitrogen and oxygen atoms in total. The zero-order valence-electron chi connectivity index (χ0n) is 11.0. The van der Waals surface area contributed by atoms with Crippen molar-refractivity contribution >= 4 is 28.9 Å². The molecular formula is C13H23ClN2OS. The van der Waals surface area contributed by atoms with Gasteiger partial charge in [-0.1, -0.05) is 6.42 Å². The zero-order chi connectivity index (χ0) is 13.0. The van der Waals surface area contributed by atoms with Crippen LogP contribution in [0, 0.1) is 11.8 Å². The zero-order valence-corrected chi connectivity index (χ0v) is 12.6. The van der Waals surface area contributed by atoms with Gasteiger partial charge in [-0.3, -0.25) is 0 Å². The monoisotopic (exact) mass is 290 g/mol. The normalized spacial score (nSPS) is 32.7. The lowest BCUT2D eigenvalue weighted by Gasteiger charge is -2.37. The fourth-order valence-corrected chi connectivity index (χ4v) is 3.84. The first-order chi connectivity index (χ1) is 8.76. The topological polar surface area (TPSA) is 24.5 Å². The Kier molecular flexibility index (Phi) is 5.52. The van der Waals surface area contributed by atoms with Crippen LogP contribution in [-0.2, 0) is 4.74 Å². The Morgan fingerprint density at radius 1 is 1.44 bits per heavy atom. The van der Waals surface area contributed by atoms with Gasteiger partial charge >= 0.3 is 0 Å². The highest BCUT2D eigenvalue weighted by Gasteiger charge is 2.36. The van der Waals surface area contributed by atoms with Crippen molar-refractivity contribution in [2.45, 2.75) is 31.7 Å². The van der Waals surface area contributed by atoms with Gasteiger partial charge in [-0.2, -0.15) is 0 Å².